The molecule has 0 radical (unpaired) electrons. The number of fused-ring (bicyclic) bond motifs is 1. The molecule has 0 N–H and O–H groups in total. The van der Waals surface area contributed by atoms with Gasteiger partial charge in [0.25, 0.3) is 5.56 Å². The first-order valence-corrected chi connectivity index (χ1v) is 12.7. The van der Waals surface area contributed by atoms with Gasteiger partial charge in [-0.3, -0.25) is 19.8 Å². The van der Waals surface area contributed by atoms with E-state index in [-0.39, 0.29) is 18.7 Å². The Hall–Kier alpha value is -4.46. The molecule has 200 valence electrons. The summed E-state index contributed by atoms with van der Waals surface area (Å²) in [6.45, 7) is 7.83. The summed E-state index contributed by atoms with van der Waals surface area (Å²) in [5.74, 6) is 0.0354. The minimum Gasteiger partial charge on any atom is -0.486 e. The third-order valence-corrected chi connectivity index (χ3v) is 6.69. The number of benzene rings is 1. The van der Waals surface area contributed by atoms with Crippen LogP contribution in [-0.2, 0) is 13.2 Å². The van der Waals surface area contributed by atoms with E-state index in [0.717, 1.165) is 27.9 Å². The van der Waals surface area contributed by atoms with E-state index in [1.54, 1.807) is 39.3 Å². The second-order valence-corrected chi connectivity index (χ2v) is 9.23. The Bertz CT molecular complexity index is 1680. The van der Waals surface area contributed by atoms with Gasteiger partial charge in [-0.25, -0.2) is 9.37 Å². The molecule has 0 spiro atoms. The van der Waals surface area contributed by atoms with Crippen LogP contribution in [0.1, 0.15) is 47.5 Å². The molecule has 0 aliphatic carbocycles. The Morgan fingerprint density at radius 1 is 1.15 bits per heavy atom. The highest BCUT2D eigenvalue weighted by molar-refractivity contribution is 6.19. The Kier molecular flexibility index (Phi) is 8.44. The zero-order valence-electron chi connectivity index (χ0n) is 23.1. The lowest BCUT2D eigenvalue weighted by Crippen LogP contribution is -2.24. The Balaban J connectivity index is 1.75. The van der Waals surface area contributed by atoms with Gasteiger partial charge in [0.2, 0.25) is 0 Å². The van der Waals surface area contributed by atoms with Crippen molar-refractivity contribution in [1.29, 1.82) is 0 Å². The molecule has 0 atom stereocenters. The van der Waals surface area contributed by atoms with Gasteiger partial charge in [-0.2, -0.15) is 0 Å². The number of allylic oxidation sites excluding steroid dienone is 2. The summed E-state index contributed by atoms with van der Waals surface area (Å²) in [5, 5.41) is 0.896. The summed E-state index contributed by atoms with van der Waals surface area (Å²) in [7, 11) is 3.38. The molecule has 3 heterocycles. The largest absolute Gasteiger partial charge is 0.486 e. The maximum atomic E-state index is 15.2. The topological polar surface area (TPSA) is 81.7 Å². The molecule has 0 saturated heterocycles. The number of para-hydroxylation sites is 1. The average Bonchev–Trinajstić information content (AvgIpc) is 2.92. The maximum Gasteiger partial charge on any atom is 0.259 e. The van der Waals surface area contributed by atoms with Crippen LogP contribution < -0.4 is 10.3 Å². The molecule has 4 rings (SSSR count). The predicted octanol–water partition coefficient (Wildman–Crippen LogP) is 5.61. The van der Waals surface area contributed by atoms with Crippen molar-refractivity contribution in [3.8, 4) is 5.75 Å². The van der Waals surface area contributed by atoms with Gasteiger partial charge >= 0.3 is 0 Å². The van der Waals surface area contributed by atoms with Crippen LogP contribution in [0.3, 0.4) is 0 Å². The normalized spacial score (nSPS) is 12.5. The summed E-state index contributed by atoms with van der Waals surface area (Å²) >= 11 is 0. The van der Waals surface area contributed by atoms with E-state index in [4.69, 9.17) is 9.72 Å². The van der Waals surface area contributed by atoms with Crippen LogP contribution in [0.4, 0.5) is 4.39 Å². The first-order chi connectivity index (χ1) is 18.8. The van der Waals surface area contributed by atoms with Crippen LogP contribution in [0.5, 0.6) is 5.75 Å². The highest BCUT2D eigenvalue weighted by atomic mass is 19.1. The number of aromatic nitrogens is 3. The fourth-order valence-corrected chi connectivity index (χ4v) is 4.58. The van der Waals surface area contributed by atoms with E-state index in [2.05, 4.69) is 15.0 Å². The number of rotatable bonds is 8. The molecule has 4 aromatic rings. The smallest absolute Gasteiger partial charge is 0.259 e. The monoisotopic (exact) mass is 525 g/mol. The first-order valence-electron chi connectivity index (χ1n) is 12.7. The molecule has 0 fully saturated rings. The number of aryl methyl sites for hydroxylation is 2. The van der Waals surface area contributed by atoms with Crippen molar-refractivity contribution in [2.45, 2.75) is 40.8 Å². The molecule has 0 unspecified atom stereocenters. The lowest BCUT2D eigenvalue weighted by Gasteiger charge is -2.17. The van der Waals surface area contributed by atoms with Crippen molar-refractivity contribution in [2.75, 3.05) is 14.1 Å². The number of nitrogens with zero attached hydrogens (tertiary/aromatic N) is 5. The highest BCUT2D eigenvalue weighted by Crippen LogP contribution is 2.30. The van der Waals surface area contributed by atoms with Gasteiger partial charge in [-0.1, -0.05) is 18.2 Å². The van der Waals surface area contributed by atoms with E-state index < -0.39 is 5.82 Å². The number of ether oxygens (including phenoxy) is 1. The second-order valence-electron chi connectivity index (χ2n) is 9.23. The van der Waals surface area contributed by atoms with Crippen LogP contribution in [0.25, 0.3) is 10.9 Å². The second kappa shape index (κ2) is 11.9. The van der Waals surface area contributed by atoms with E-state index in [1.165, 1.54) is 17.0 Å². The lowest BCUT2D eigenvalue weighted by molar-refractivity contribution is 0.300. The molecule has 0 bridgehead atoms. The molecule has 3 aromatic heterocycles. The summed E-state index contributed by atoms with van der Waals surface area (Å²) in [4.78, 5) is 30.3. The molecule has 0 saturated carbocycles. The fourth-order valence-electron chi connectivity index (χ4n) is 4.58. The van der Waals surface area contributed by atoms with Gasteiger partial charge in [0.15, 0.2) is 0 Å². The summed E-state index contributed by atoms with van der Waals surface area (Å²) < 4.78 is 22.9. The summed E-state index contributed by atoms with van der Waals surface area (Å²) in [6, 6.07) is 11.2. The number of pyridine rings is 3. The third kappa shape index (κ3) is 5.70. The van der Waals surface area contributed by atoms with Crippen molar-refractivity contribution in [3.05, 3.63) is 110 Å². The Labute approximate surface area is 227 Å². The Morgan fingerprint density at radius 2 is 1.95 bits per heavy atom. The van der Waals surface area contributed by atoms with Gasteiger partial charge in [-0.15, -0.1) is 0 Å². The van der Waals surface area contributed by atoms with E-state index >= 15 is 4.39 Å². The van der Waals surface area contributed by atoms with Gasteiger partial charge in [0.05, 0.1) is 24.0 Å². The zero-order valence-corrected chi connectivity index (χ0v) is 23.1. The fraction of sp³-hybridized carbons (Fsp3) is 0.258. The molecule has 8 heteroatoms. The average molecular weight is 526 g/mol. The van der Waals surface area contributed by atoms with Crippen molar-refractivity contribution in [1.82, 2.24) is 14.5 Å². The van der Waals surface area contributed by atoms with Crippen LogP contribution >= 0.6 is 0 Å². The van der Waals surface area contributed by atoms with Gasteiger partial charge < -0.3 is 9.30 Å². The van der Waals surface area contributed by atoms with Crippen molar-refractivity contribution in [3.63, 3.8) is 0 Å². The van der Waals surface area contributed by atoms with Gasteiger partial charge in [-0.05, 0) is 57.5 Å². The molecule has 7 nitrogen and oxygen atoms in total. The minimum absolute atomic E-state index is 0.0535. The molecule has 0 aliphatic rings. The highest BCUT2D eigenvalue weighted by Gasteiger charge is 2.18. The van der Waals surface area contributed by atoms with Gasteiger partial charge in [0, 0.05) is 60.0 Å². The van der Waals surface area contributed by atoms with Crippen LogP contribution in [0, 0.1) is 19.7 Å². The van der Waals surface area contributed by atoms with E-state index in [9.17, 15) is 4.79 Å². The molecule has 39 heavy (non-hydrogen) atoms. The molecular formula is C31H32FN5O2. The van der Waals surface area contributed by atoms with E-state index in [1.807, 2.05) is 51.1 Å². The van der Waals surface area contributed by atoms with Crippen LogP contribution in [-0.4, -0.2) is 40.6 Å². The molecule has 0 amide bonds. The zero-order chi connectivity index (χ0) is 28.1. The summed E-state index contributed by atoms with van der Waals surface area (Å²) in [6.07, 6.45) is 6.39. The van der Waals surface area contributed by atoms with Crippen molar-refractivity contribution < 1.29 is 9.13 Å². The molecule has 1 aromatic carbocycles. The Morgan fingerprint density at radius 3 is 2.67 bits per heavy atom. The molecule has 0 aliphatic heterocycles. The number of hydrogen-bond donors (Lipinski definition) is 0. The SMILES string of the molecule is C/C=C(/C)C(=NC)c1cc(C)nc2c(OCc3c(F)cnc(C)c3Cn3cccc(C=NC)c3=O)cccc12. The number of hydrogen-bond acceptors (Lipinski definition) is 6. The number of aliphatic imine (C=N–C) groups is 2. The minimum atomic E-state index is -0.496. The maximum absolute atomic E-state index is 15.2. The van der Waals surface area contributed by atoms with Gasteiger partial charge in [0.1, 0.15) is 23.7 Å². The molecular weight excluding hydrogens is 493 g/mol. The van der Waals surface area contributed by atoms with Crippen LogP contribution in [0.2, 0.25) is 0 Å². The van der Waals surface area contributed by atoms with Crippen LogP contribution in [0.15, 0.2) is 75.2 Å². The van der Waals surface area contributed by atoms with Crippen molar-refractivity contribution in [2.24, 2.45) is 9.98 Å². The lowest BCUT2D eigenvalue weighted by atomic mass is 9.98. The quantitative estimate of drug-likeness (QED) is 0.280. The standard InChI is InChI=1S/C31H32FN5O2/c1-7-19(2)29(34-6)24-14-20(3)36-30-23(24)11-8-12-28(30)39-18-26-25(21(4)35-16-27(26)32)17-37-13-9-10-22(15-33-5)31(37)38/h7-16H,17-18H2,1-6H3/b19-7-,33-15?,34-29?. The number of halogens is 1. The summed E-state index contributed by atoms with van der Waals surface area (Å²) in [5.41, 5.74) is 6.18. The predicted molar refractivity (Wildman–Crippen MR) is 155 cm³/mol. The third-order valence-electron chi connectivity index (χ3n) is 6.69. The first kappa shape index (κ1) is 27.6. The van der Waals surface area contributed by atoms with E-state index in [0.29, 0.717) is 33.7 Å². The van der Waals surface area contributed by atoms with Crippen molar-refractivity contribution >= 4 is 22.8 Å².